The molecular formula is C14H20ClNO4. The third-order valence-electron chi connectivity index (χ3n) is 2.97. The molecule has 112 valence electrons. The Morgan fingerprint density at radius 3 is 2.60 bits per heavy atom. The normalized spacial score (nSPS) is 13.7. The molecule has 0 fully saturated rings. The van der Waals surface area contributed by atoms with Crippen LogP contribution in [-0.4, -0.2) is 46.0 Å². The Kier molecular flexibility index (Phi) is 6.26. The topological polar surface area (TPSA) is 56.8 Å². The number of rotatable bonds is 7. The van der Waals surface area contributed by atoms with Crippen molar-refractivity contribution < 1.29 is 19.0 Å². The molecule has 0 aliphatic carbocycles. The minimum Gasteiger partial charge on any atom is -0.496 e. The first-order chi connectivity index (χ1) is 9.45. The summed E-state index contributed by atoms with van der Waals surface area (Å²) in [6, 6.07) is 4.89. The molecule has 20 heavy (non-hydrogen) atoms. The smallest absolute Gasteiger partial charge is 0.255 e. The van der Waals surface area contributed by atoms with Crippen LogP contribution in [0.25, 0.3) is 0 Å². The summed E-state index contributed by atoms with van der Waals surface area (Å²) >= 11 is 5.90. The second-order valence-corrected chi connectivity index (χ2v) is 5.05. The van der Waals surface area contributed by atoms with Gasteiger partial charge in [-0.1, -0.05) is 11.6 Å². The Bertz CT molecular complexity index is 466. The zero-order chi connectivity index (χ0) is 15.2. The van der Waals surface area contributed by atoms with Crippen LogP contribution >= 0.6 is 11.6 Å². The zero-order valence-electron chi connectivity index (χ0n) is 12.2. The zero-order valence-corrected chi connectivity index (χ0v) is 12.9. The number of ether oxygens (including phenoxy) is 3. The third-order valence-corrected chi connectivity index (χ3v) is 3.21. The second kappa shape index (κ2) is 7.47. The van der Waals surface area contributed by atoms with Crippen LogP contribution in [0.4, 0.5) is 0 Å². The molecule has 0 aliphatic heterocycles. The minimum atomic E-state index is -0.587. The van der Waals surface area contributed by atoms with Gasteiger partial charge in [0.25, 0.3) is 5.91 Å². The van der Waals surface area contributed by atoms with Gasteiger partial charge in [0.1, 0.15) is 11.4 Å². The van der Waals surface area contributed by atoms with Crippen molar-refractivity contribution >= 4 is 17.5 Å². The number of hydrogen-bond donors (Lipinski definition) is 1. The number of methoxy groups -OCH3 is 3. The van der Waals surface area contributed by atoms with Gasteiger partial charge in [-0.05, 0) is 25.1 Å². The van der Waals surface area contributed by atoms with Crippen LogP contribution in [0.5, 0.6) is 5.75 Å². The summed E-state index contributed by atoms with van der Waals surface area (Å²) in [7, 11) is 4.66. The van der Waals surface area contributed by atoms with Crippen molar-refractivity contribution in [3.63, 3.8) is 0 Å². The number of carbonyl (C=O) groups is 1. The number of carbonyl (C=O) groups excluding carboxylic acids is 1. The molecule has 0 saturated heterocycles. The van der Waals surface area contributed by atoms with E-state index in [1.54, 1.807) is 32.4 Å². The van der Waals surface area contributed by atoms with Crippen LogP contribution < -0.4 is 10.1 Å². The number of benzene rings is 1. The highest BCUT2D eigenvalue weighted by molar-refractivity contribution is 6.31. The monoisotopic (exact) mass is 301 g/mol. The first kappa shape index (κ1) is 16.8. The van der Waals surface area contributed by atoms with Gasteiger partial charge in [0, 0.05) is 25.8 Å². The Hall–Kier alpha value is -1.30. The molecule has 0 spiro atoms. The lowest BCUT2D eigenvalue weighted by molar-refractivity contribution is -0.0479. The molecule has 1 N–H and O–H groups in total. The molecule has 0 aliphatic rings. The Morgan fingerprint density at radius 1 is 1.35 bits per heavy atom. The molecule has 0 radical (unpaired) electrons. The van der Waals surface area contributed by atoms with E-state index in [4.69, 9.17) is 25.8 Å². The van der Waals surface area contributed by atoms with E-state index in [0.717, 1.165) is 0 Å². The number of hydrogen-bond acceptors (Lipinski definition) is 4. The number of nitrogens with one attached hydrogen (secondary N) is 1. The fourth-order valence-electron chi connectivity index (χ4n) is 1.71. The summed E-state index contributed by atoms with van der Waals surface area (Å²) in [6.45, 7) is 2.54. The lowest BCUT2D eigenvalue weighted by atomic mass is 10.1. The van der Waals surface area contributed by atoms with Crippen molar-refractivity contribution in [2.75, 3.05) is 34.5 Å². The highest BCUT2D eigenvalue weighted by atomic mass is 35.5. The molecule has 0 heterocycles. The van der Waals surface area contributed by atoms with E-state index in [2.05, 4.69) is 5.32 Å². The van der Waals surface area contributed by atoms with Crippen LogP contribution in [0.2, 0.25) is 5.02 Å². The number of halogens is 1. The van der Waals surface area contributed by atoms with Crippen molar-refractivity contribution in [3.05, 3.63) is 28.8 Å². The molecule has 1 aromatic carbocycles. The van der Waals surface area contributed by atoms with Crippen LogP contribution in [0, 0.1) is 0 Å². The van der Waals surface area contributed by atoms with Crippen molar-refractivity contribution in [2.45, 2.75) is 12.5 Å². The molecule has 0 aromatic heterocycles. The Labute approximate surface area is 124 Å². The largest absolute Gasteiger partial charge is 0.496 e. The van der Waals surface area contributed by atoms with E-state index >= 15 is 0 Å². The summed E-state index contributed by atoms with van der Waals surface area (Å²) in [5.74, 6) is 0.196. The fourth-order valence-corrected chi connectivity index (χ4v) is 1.88. The molecule has 0 unspecified atom stereocenters. The maximum Gasteiger partial charge on any atom is 0.255 e. The van der Waals surface area contributed by atoms with Gasteiger partial charge in [-0.3, -0.25) is 4.79 Å². The SMILES string of the molecule is COC[C@@](C)(CNC(=O)c1cc(Cl)ccc1OC)OC. The van der Waals surface area contributed by atoms with E-state index in [-0.39, 0.29) is 5.91 Å². The predicted molar refractivity (Wildman–Crippen MR) is 77.6 cm³/mol. The molecule has 1 rings (SSSR count). The van der Waals surface area contributed by atoms with Crippen LogP contribution in [0.15, 0.2) is 18.2 Å². The fraction of sp³-hybridized carbons (Fsp3) is 0.500. The van der Waals surface area contributed by atoms with Crippen molar-refractivity contribution in [3.8, 4) is 5.75 Å². The molecule has 0 saturated carbocycles. The summed E-state index contributed by atoms with van der Waals surface area (Å²) in [6.07, 6.45) is 0. The standard InChI is InChI=1S/C14H20ClNO4/c1-14(20-4,9-18-2)8-16-13(17)11-7-10(15)5-6-12(11)19-3/h5-7H,8-9H2,1-4H3,(H,16,17)/t14-/m1/s1. The summed E-state index contributed by atoms with van der Waals surface area (Å²) in [5, 5.41) is 3.27. The van der Waals surface area contributed by atoms with E-state index in [1.165, 1.54) is 7.11 Å². The maximum atomic E-state index is 12.2. The first-order valence-electron chi connectivity index (χ1n) is 6.11. The molecule has 1 aromatic rings. The van der Waals surface area contributed by atoms with Gasteiger partial charge < -0.3 is 19.5 Å². The van der Waals surface area contributed by atoms with Gasteiger partial charge in [0.05, 0.1) is 19.3 Å². The van der Waals surface area contributed by atoms with Gasteiger partial charge in [0.2, 0.25) is 0 Å². The van der Waals surface area contributed by atoms with Gasteiger partial charge in [0.15, 0.2) is 0 Å². The first-order valence-corrected chi connectivity index (χ1v) is 6.49. The molecular weight excluding hydrogens is 282 g/mol. The van der Waals surface area contributed by atoms with E-state index in [1.807, 2.05) is 6.92 Å². The summed E-state index contributed by atoms with van der Waals surface area (Å²) in [4.78, 5) is 12.2. The van der Waals surface area contributed by atoms with Crippen LogP contribution in [0.3, 0.4) is 0 Å². The minimum absolute atomic E-state index is 0.274. The average Bonchev–Trinajstić information content (AvgIpc) is 2.45. The summed E-state index contributed by atoms with van der Waals surface area (Å²) in [5.41, 5.74) is -0.202. The quantitative estimate of drug-likeness (QED) is 0.838. The van der Waals surface area contributed by atoms with Crippen LogP contribution in [-0.2, 0) is 9.47 Å². The summed E-state index contributed by atoms with van der Waals surface area (Å²) < 4.78 is 15.6. The highest BCUT2D eigenvalue weighted by Crippen LogP contribution is 2.22. The predicted octanol–water partition coefficient (Wildman–Crippen LogP) is 2.13. The lowest BCUT2D eigenvalue weighted by Gasteiger charge is -2.27. The van der Waals surface area contributed by atoms with Gasteiger partial charge in [-0.15, -0.1) is 0 Å². The van der Waals surface area contributed by atoms with Crippen molar-refractivity contribution in [1.29, 1.82) is 0 Å². The molecule has 6 heteroatoms. The van der Waals surface area contributed by atoms with Crippen LogP contribution in [0.1, 0.15) is 17.3 Å². The van der Waals surface area contributed by atoms with Gasteiger partial charge >= 0.3 is 0 Å². The van der Waals surface area contributed by atoms with E-state index in [0.29, 0.717) is 29.5 Å². The Balaban J connectivity index is 2.79. The van der Waals surface area contributed by atoms with Gasteiger partial charge in [-0.25, -0.2) is 0 Å². The highest BCUT2D eigenvalue weighted by Gasteiger charge is 2.25. The van der Waals surface area contributed by atoms with Crippen molar-refractivity contribution in [2.24, 2.45) is 0 Å². The third kappa shape index (κ3) is 4.37. The van der Waals surface area contributed by atoms with Gasteiger partial charge in [-0.2, -0.15) is 0 Å². The molecule has 1 amide bonds. The van der Waals surface area contributed by atoms with E-state index in [9.17, 15) is 4.79 Å². The molecule has 1 atom stereocenters. The molecule has 5 nitrogen and oxygen atoms in total. The second-order valence-electron chi connectivity index (χ2n) is 4.61. The maximum absolute atomic E-state index is 12.2. The van der Waals surface area contributed by atoms with Crippen molar-refractivity contribution in [1.82, 2.24) is 5.32 Å². The lowest BCUT2D eigenvalue weighted by Crippen LogP contribution is -2.45. The van der Waals surface area contributed by atoms with E-state index < -0.39 is 5.60 Å². The molecule has 0 bridgehead atoms. The number of amides is 1. The average molecular weight is 302 g/mol. The Morgan fingerprint density at radius 2 is 2.05 bits per heavy atom.